The quantitative estimate of drug-likeness (QED) is 0.162. The maximum absolute atomic E-state index is 5.64. The first-order chi connectivity index (χ1) is 27.1. The lowest BCUT2D eigenvalue weighted by Crippen LogP contribution is -2.30. The summed E-state index contributed by atoms with van der Waals surface area (Å²) in [6.45, 7) is 8.85. The van der Waals surface area contributed by atoms with Crippen molar-refractivity contribution in [3.05, 3.63) is 212 Å². The predicted molar refractivity (Wildman–Crippen MR) is 246 cm³/mol. The molecule has 0 radical (unpaired) electrons. The molecule has 0 saturated heterocycles. The average molecular weight is 990 g/mol. The molecule has 8 bridgehead atoms. The average Bonchev–Trinajstić information content (AvgIpc) is 4.00. The minimum Gasteiger partial charge on any atom is -0.374 e. The number of nitrogens with one attached hydrogen (secondary N) is 3. The van der Waals surface area contributed by atoms with E-state index in [9.17, 15) is 0 Å². The zero-order chi connectivity index (χ0) is 38.8. The Morgan fingerprint density at radius 3 is 1.75 bits per heavy atom. The number of hydrogen-bond acceptors (Lipinski definition) is 2. The molecule has 4 nitrogen and oxygen atoms in total. The van der Waals surface area contributed by atoms with Gasteiger partial charge in [-0.3, -0.25) is 4.99 Å². The highest BCUT2D eigenvalue weighted by Crippen LogP contribution is 2.42. The van der Waals surface area contributed by atoms with Crippen molar-refractivity contribution < 1.29 is 0 Å². The highest BCUT2D eigenvalue weighted by Gasteiger charge is 2.33. The number of aryl methyl sites for hydroxylation is 4. The minimum absolute atomic E-state index is 0.0626. The lowest BCUT2D eigenvalue weighted by molar-refractivity contribution is 0.686. The van der Waals surface area contributed by atoms with Crippen LogP contribution in [0, 0.1) is 27.7 Å². The zero-order valence-electron chi connectivity index (χ0n) is 31.2. The van der Waals surface area contributed by atoms with Gasteiger partial charge in [-0.2, -0.15) is 0 Å². The van der Waals surface area contributed by atoms with Crippen LogP contribution in [0.15, 0.2) is 150 Å². The summed E-state index contributed by atoms with van der Waals surface area (Å²) >= 11 is 15.7. The maximum atomic E-state index is 5.64. The summed E-state index contributed by atoms with van der Waals surface area (Å²) in [7, 11) is 0. The second kappa shape index (κ2) is 14.9. The van der Waals surface area contributed by atoms with Crippen LogP contribution in [0.3, 0.4) is 0 Å². The number of H-pyrrole nitrogens is 2. The van der Waals surface area contributed by atoms with E-state index in [-0.39, 0.29) is 18.0 Å². The molecule has 2 aromatic heterocycles. The second-order valence-electron chi connectivity index (χ2n) is 14.8. The summed E-state index contributed by atoms with van der Waals surface area (Å²) in [6.07, 6.45) is 9.04. The number of aromatic amines is 2. The van der Waals surface area contributed by atoms with Crippen LogP contribution in [0.1, 0.15) is 61.8 Å². The van der Waals surface area contributed by atoms with Crippen molar-refractivity contribution in [2.24, 2.45) is 4.99 Å². The van der Waals surface area contributed by atoms with Crippen LogP contribution in [0.5, 0.6) is 0 Å². The number of fused-ring (bicyclic) bond motifs is 7. The molecule has 56 heavy (non-hydrogen) atoms. The molecule has 3 aliphatic rings. The van der Waals surface area contributed by atoms with Crippen LogP contribution in [0.4, 0.5) is 0 Å². The van der Waals surface area contributed by atoms with Gasteiger partial charge in [0.2, 0.25) is 0 Å². The molecular weight excluding hydrogens is 952 g/mol. The van der Waals surface area contributed by atoms with Gasteiger partial charge in [-0.25, -0.2) is 0 Å². The molecule has 0 aliphatic carbocycles. The standard InChI is InChI=1S/C48H38Br4N4/c1-25-9-5-10-26(2)41(25)45-33-17-21-37(53-33)47(43-29(49)13-7-14-30(43)50)39-23-19-35(55-39)46(42-27(3)11-6-12-28(42)4)36-20-24-40(56-36)48(38-22-18-34(45)54-38)44-31(51)15-8-16-32(44)52/h5-24,33,36,45,54-56H,1-4H3/b46-35+,47-39+,48-40+. The van der Waals surface area contributed by atoms with Gasteiger partial charge in [-0.05, 0) is 122 Å². The van der Waals surface area contributed by atoms with E-state index in [1.165, 1.54) is 39.0 Å². The fraction of sp³-hybridized carbons (Fsp3) is 0.146. The smallest absolute Gasteiger partial charge is 0.0814 e. The van der Waals surface area contributed by atoms with Gasteiger partial charge in [-0.15, -0.1) is 0 Å². The first-order valence-electron chi connectivity index (χ1n) is 18.7. The molecule has 278 valence electrons. The first kappa shape index (κ1) is 37.4. The molecule has 6 aromatic rings. The third-order valence-corrected chi connectivity index (χ3v) is 13.9. The van der Waals surface area contributed by atoms with Gasteiger partial charge in [-0.1, -0.05) is 124 Å². The molecule has 8 heteroatoms. The van der Waals surface area contributed by atoms with Crippen LogP contribution in [-0.4, -0.2) is 27.8 Å². The third kappa shape index (κ3) is 6.43. The molecular formula is C48H38Br4N4. The number of benzene rings is 4. The van der Waals surface area contributed by atoms with Crippen LogP contribution in [0.2, 0.25) is 0 Å². The Hall–Kier alpha value is -4.21. The molecule has 9 rings (SSSR count). The highest BCUT2D eigenvalue weighted by atomic mass is 79.9. The summed E-state index contributed by atoms with van der Waals surface area (Å²) in [5.41, 5.74) is 17.0. The van der Waals surface area contributed by atoms with Crippen LogP contribution < -0.4 is 16.0 Å². The molecule has 0 fully saturated rings. The van der Waals surface area contributed by atoms with Crippen molar-refractivity contribution in [1.82, 2.24) is 15.3 Å². The number of aromatic nitrogens is 2. The van der Waals surface area contributed by atoms with E-state index in [0.717, 1.165) is 73.7 Å². The van der Waals surface area contributed by atoms with Crippen LogP contribution in [-0.2, 0) is 0 Å². The van der Waals surface area contributed by atoms with Crippen molar-refractivity contribution in [3.63, 3.8) is 0 Å². The summed E-state index contributed by atoms with van der Waals surface area (Å²) in [5, 5.41) is 6.06. The van der Waals surface area contributed by atoms with Gasteiger partial charge < -0.3 is 15.3 Å². The van der Waals surface area contributed by atoms with E-state index in [4.69, 9.17) is 4.99 Å². The molecule has 0 spiro atoms. The normalized spacial score (nSPS) is 22.1. The van der Waals surface area contributed by atoms with Crippen molar-refractivity contribution in [2.75, 3.05) is 0 Å². The second-order valence-corrected chi connectivity index (χ2v) is 18.2. The van der Waals surface area contributed by atoms with Gasteiger partial charge in [0.25, 0.3) is 0 Å². The molecule has 0 saturated carbocycles. The monoisotopic (exact) mass is 986 g/mol. The Bertz CT molecular complexity index is 2770. The number of allylic oxidation sites excluding steroid dienone is 2. The SMILES string of the molecule is Cc1cccc(C)c1/C1=c2\cc/c([nH]2)=C(\c2c(Br)cccc2Br)C2=NC(C=C2)C(c2c(C)cccc2C)c2ccc([nH]2)/C(c2c(Br)cccc2Br)=C2/C=CC1N2. The van der Waals surface area contributed by atoms with E-state index in [2.05, 4.69) is 228 Å². The maximum Gasteiger partial charge on any atom is 0.0814 e. The van der Waals surface area contributed by atoms with Gasteiger partial charge in [0.05, 0.1) is 23.7 Å². The van der Waals surface area contributed by atoms with Gasteiger partial charge in [0.1, 0.15) is 0 Å². The number of hydrogen-bond donors (Lipinski definition) is 3. The predicted octanol–water partition coefficient (Wildman–Crippen LogP) is 11.5. The van der Waals surface area contributed by atoms with E-state index in [1.54, 1.807) is 0 Å². The molecule has 5 heterocycles. The molecule has 3 N–H and O–H groups in total. The fourth-order valence-electron chi connectivity index (χ4n) is 8.80. The summed E-state index contributed by atoms with van der Waals surface area (Å²) in [5.74, 6) is -0.0626. The zero-order valence-corrected chi connectivity index (χ0v) is 37.6. The lowest BCUT2D eigenvalue weighted by Gasteiger charge is -2.25. The van der Waals surface area contributed by atoms with Gasteiger partial charge in [0, 0.05) is 73.5 Å². The van der Waals surface area contributed by atoms with Crippen molar-refractivity contribution in [3.8, 4) is 0 Å². The molecule has 3 atom stereocenters. The third-order valence-electron chi connectivity index (χ3n) is 11.3. The molecule has 4 aromatic carbocycles. The summed E-state index contributed by atoms with van der Waals surface area (Å²) in [6, 6.07) is 34.3. The number of rotatable bonds is 4. The minimum atomic E-state index is -0.160. The van der Waals surface area contributed by atoms with Gasteiger partial charge in [0.15, 0.2) is 0 Å². The molecule has 0 amide bonds. The molecule has 3 aliphatic heterocycles. The summed E-state index contributed by atoms with van der Waals surface area (Å²) in [4.78, 5) is 13.6. The highest BCUT2D eigenvalue weighted by molar-refractivity contribution is 9.11. The Morgan fingerprint density at radius 2 is 1.11 bits per heavy atom. The van der Waals surface area contributed by atoms with Crippen molar-refractivity contribution >= 4 is 86.2 Å². The molecule has 3 unspecified atom stereocenters. The van der Waals surface area contributed by atoms with Crippen LogP contribution in [0.25, 0.3) is 16.7 Å². The number of aliphatic imine (C=N–C) groups is 1. The van der Waals surface area contributed by atoms with Crippen molar-refractivity contribution in [1.29, 1.82) is 0 Å². The Morgan fingerprint density at radius 1 is 0.536 bits per heavy atom. The number of nitrogens with zero attached hydrogens (tertiary/aromatic N) is 1. The largest absolute Gasteiger partial charge is 0.374 e. The van der Waals surface area contributed by atoms with Crippen LogP contribution >= 0.6 is 63.7 Å². The lowest BCUT2D eigenvalue weighted by atomic mass is 9.84. The Balaban J connectivity index is 1.42. The van der Waals surface area contributed by atoms with E-state index < -0.39 is 0 Å². The van der Waals surface area contributed by atoms with E-state index in [1.807, 2.05) is 0 Å². The summed E-state index contributed by atoms with van der Waals surface area (Å²) < 4.78 is 4.00. The van der Waals surface area contributed by atoms with Crippen molar-refractivity contribution in [2.45, 2.75) is 45.7 Å². The Kier molecular flexibility index (Phi) is 9.97. The fourth-order valence-corrected chi connectivity index (χ4v) is 11.6. The van der Waals surface area contributed by atoms with E-state index >= 15 is 0 Å². The first-order valence-corrected chi connectivity index (χ1v) is 21.9. The van der Waals surface area contributed by atoms with E-state index in [0.29, 0.717) is 0 Å². The van der Waals surface area contributed by atoms with Gasteiger partial charge >= 0.3 is 0 Å². The number of halogens is 4. The Labute approximate surface area is 360 Å². The topological polar surface area (TPSA) is 56.0 Å².